The number of anilines is 1. The summed E-state index contributed by atoms with van der Waals surface area (Å²) in [4.78, 5) is 12.0. The minimum absolute atomic E-state index is 0.0406. The second-order valence-corrected chi connectivity index (χ2v) is 5.53. The number of hydrogen-bond donors (Lipinski definition) is 1. The Kier molecular flexibility index (Phi) is 5.56. The summed E-state index contributed by atoms with van der Waals surface area (Å²) in [5, 5.41) is 2.88. The number of nitrogens with one attached hydrogen (secondary N) is 1. The van der Waals surface area contributed by atoms with E-state index in [1.165, 1.54) is 0 Å². The average molecular weight is 327 g/mol. The van der Waals surface area contributed by atoms with Crippen LogP contribution in [0.5, 0.6) is 17.2 Å². The summed E-state index contributed by atoms with van der Waals surface area (Å²) in [5.74, 6) is 2.18. The highest BCUT2D eigenvalue weighted by Crippen LogP contribution is 2.32. The molecule has 2 aromatic carbocycles. The zero-order valence-corrected chi connectivity index (χ0v) is 13.5. The smallest absolute Gasteiger partial charge is 0.224 e. The Bertz CT molecular complexity index is 672. The first-order valence-corrected chi connectivity index (χ1v) is 8.18. The fourth-order valence-corrected chi connectivity index (χ4v) is 2.40. The van der Waals surface area contributed by atoms with Gasteiger partial charge in [-0.15, -0.1) is 0 Å². The van der Waals surface area contributed by atoms with Crippen LogP contribution in [-0.4, -0.2) is 25.7 Å². The molecular weight excluding hydrogens is 306 g/mol. The van der Waals surface area contributed by atoms with Gasteiger partial charge in [-0.05, 0) is 30.7 Å². The number of rotatable bonds is 6. The van der Waals surface area contributed by atoms with Crippen LogP contribution in [0.2, 0.25) is 0 Å². The summed E-state index contributed by atoms with van der Waals surface area (Å²) in [5.41, 5.74) is 0.716. The lowest BCUT2D eigenvalue weighted by molar-refractivity contribution is -0.116. The Morgan fingerprint density at radius 2 is 1.83 bits per heavy atom. The SMILES string of the molecule is O=C(CCCOc1ccccc1)Nc1ccc2c(c1)OCCCO2. The van der Waals surface area contributed by atoms with E-state index in [0.717, 1.165) is 17.9 Å². The number of fused-ring (bicyclic) bond motifs is 1. The second kappa shape index (κ2) is 8.24. The Morgan fingerprint density at radius 1 is 1.04 bits per heavy atom. The Hall–Kier alpha value is -2.69. The van der Waals surface area contributed by atoms with Crippen LogP contribution in [0.15, 0.2) is 48.5 Å². The molecule has 1 aliphatic rings. The van der Waals surface area contributed by atoms with Gasteiger partial charge in [0.05, 0.1) is 19.8 Å². The van der Waals surface area contributed by atoms with E-state index in [9.17, 15) is 4.79 Å². The summed E-state index contributed by atoms with van der Waals surface area (Å²) in [6.07, 6.45) is 1.92. The lowest BCUT2D eigenvalue weighted by Gasteiger charge is -2.10. The van der Waals surface area contributed by atoms with Gasteiger partial charge in [-0.3, -0.25) is 4.79 Å². The van der Waals surface area contributed by atoms with E-state index in [-0.39, 0.29) is 5.91 Å². The molecule has 1 heterocycles. The third-order valence-corrected chi connectivity index (χ3v) is 3.59. The number of para-hydroxylation sites is 1. The normalized spacial score (nSPS) is 13.0. The molecule has 0 aliphatic carbocycles. The number of carbonyl (C=O) groups excluding carboxylic acids is 1. The maximum absolute atomic E-state index is 12.0. The van der Waals surface area contributed by atoms with Crippen LogP contribution in [0.3, 0.4) is 0 Å². The molecule has 2 aromatic rings. The predicted molar refractivity (Wildman–Crippen MR) is 91.8 cm³/mol. The fourth-order valence-electron chi connectivity index (χ4n) is 2.40. The Balaban J connectivity index is 1.44. The maximum Gasteiger partial charge on any atom is 0.224 e. The van der Waals surface area contributed by atoms with E-state index in [2.05, 4.69) is 5.32 Å². The molecule has 1 amide bonds. The lowest BCUT2D eigenvalue weighted by atomic mass is 10.2. The van der Waals surface area contributed by atoms with Gasteiger partial charge in [0.1, 0.15) is 5.75 Å². The van der Waals surface area contributed by atoms with Crippen molar-refractivity contribution in [2.45, 2.75) is 19.3 Å². The topological polar surface area (TPSA) is 56.8 Å². The highest BCUT2D eigenvalue weighted by Gasteiger charge is 2.11. The van der Waals surface area contributed by atoms with E-state index in [4.69, 9.17) is 14.2 Å². The van der Waals surface area contributed by atoms with Gasteiger partial charge in [0, 0.05) is 24.6 Å². The lowest BCUT2D eigenvalue weighted by Crippen LogP contribution is -2.13. The van der Waals surface area contributed by atoms with Crippen LogP contribution >= 0.6 is 0 Å². The fraction of sp³-hybridized carbons (Fsp3) is 0.316. The molecule has 0 saturated carbocycles. The molecule has 24 heavy (non-hydrogen) atoms. The molecule has 0 radical (unpaired) electrons. The standard InChI is InChI=1S/C19H21NO4/c21-19(8-4-11-22-16-6-2-1-3-7-16)20-15-9-10-17-18(14-15)24-13-5-12-23-17/h1-3,6-7,9-10,14H,4-5,8,11-13H2,(H,20,21). The molecule has 126 valence electrons. The molecule has 0 fully saturated rings. The van der Waals surface area contributed by atoms with Gasteiger partial charge in [-0.2, -0.15) is 0 Å². The summed E-state index contributed by atoms with van der Waals surface area (Å²) in [6.45, 7) is 1.79. The van der Waals surface area contributed by atoms with Gasteiger partial charge in [-0.1, -0.05) is 18.2 Å². The predicted octanol–water partition coefficient (Wildman–Crippen LogP) is 3.65. The summed E-state index contributed by atoms with van der Waals surface area (Å²) < 4.78 is 16.8. The number of amides is 1. The van der Waals surface area contributed by atoms with Gasteiger partial charge in [-0.25, -0.2) is 0 Å². The van der Waals surface area contributed by atoms with E-state index < -0.39 is 0 Å². The summed E-state index contributed by atoms with van der Waals surface area (Å²) in [7, 11) is 0. The number of benzene rings is 2. The van der Waals surface area contributed by atoms with Crippen molar-refractivity contribution >= 4 is 11.6 Å². The van der Waals surface area contributed by atoms with Crippen molar-refractivity contribution in [2.24, 2.45) is 0 Å². The van der Waals surface area contributed by atoms with Crippen molar-refractivity contribution in [1.29, 1.82) is 0 Å². The first-order chi connectivity index (χ1) is 11.8. The van der Waals surface area contributed by atoms with Gasteiger partial charge in [0.15, 0.2) is 11.5 Å². The highest BCUT2D eigenvalue weighted by molar-refractivity contribution is 5.91. The van der Waals surface area contributed by atoms with Crippen LogP contribution in [0, 0.1) is 0 Å². The van der Waals surface area contributed by atoms with Crippen molar-refractivity contribution in [2.75, 3.05) is 25.1 Å². The molecule has 0 saturated heterocycles. The minimum atomic E-state index is -0.0406. The summed E-state index contributed by atoms with van der Waals surface area (Å²) in [6, 6.07) is 15.0. The van der Waals surface area contributed by atoms with Gasteiger partial charge < -0.3 is 19.5 Å². The second-order valence-electron chi connectivity index (χ2n) is 5.53. The zero-order chi connectivity index (χ0) is 16.6. The monoisotopic (exact) mass is 327 g/mol. The number of ether oxygens (including phenoxy) is 3. The molecule has 0 atom stereocenters. The van der Waals surface area contributed by atoms with Crippen LogP contribution in [0.25, 0.3) is 0 Å². The van der Waals surface area contributed by atoms with Crippen molar-refractivity contribution < 1.29 is 19.0 Å². The third kappa shape index (κ3) is 4.65. The molecule has 5 nitrogen and oxygen atoms in total. The quantitative estimate of drug-likeness (QED) is 0.823. The van der Waals surface area contributed by atoms with E-state index in [1.54, 1.807) is 6.07 Å². The van der Waals surface area contributed by atoms with Crippen LogP contribution in [0.4, 0.5) is 5.69 Å². The molecule has 0 spiro atoms. The van der Waals surface area contributed by atoms with E-state index in [1.807, 2.05) is 42.5 Å². The van der Waals surface area contributed by atoms with Gasteiger partial charge in [0.2, 0.25) is 5.91 Å². The van der Waals surface area contributed by atoms with Gasteiger partial charge in [0.25, 0.3) is 0 Å². The first kappa shape index (κ1) is 16.2. The van der Waals surface area contributed by atoms with Crippen LogP contribution in [0.1, 0.15) is 19.3 Å². The van der Waals surface area contributed by atoms with Crippen LogP contribution in [-0.2, 0) is 4.79 Å². The minimum Gasteiger partial charge on any atom is -0.494 e. The Morgan fingerprint density at radius 3 is 2.67 bits per heavy atom. The first-order valence-electron chi connectivity index (χ1n) is 8.18. The molecule has 0 aromatic heterocycles. The van der Waals surface area contributed by atoms with Crippen molar-refractivity contribution in [3.63, 3.8) is 0 Å². The number of carbonyl (C=O) groups is 1. The third-order valence-electron chi connectivity index (χ3n) is 3.59. The average Bonchev–Trinajstić information content (AvgIpc) is 2.84. The Labute approximate surface area is 141 Å². The molecule has 5 heteroatoms. The molecular formula is C19H21NO4. The number of hydrogen-bond acceptors (Lipinski definition) is 4. The molecule has 1 aliphatic heterocycles. The molecule has 3 rings (SSSR count). The van der Waals surface area contributed by atoms with Crippen molar-refractivity contribution in [3.8, 4) is 17.2 Å². The van der Waals surface area contributed by atoms with E-state index >= 15 is 0 Å². The highest BCUT2D eigenvalue weighted by atomic mass is 16.5. The van der Waals surface area contributed by atoms with Crippen molar-refractivity contribution in [1.82, 2.24) is 0 Å². The molecule has 0 bridgehead atoms. The largest absolute Gasteiger partial charge is 0.494 e. The molecule has 0 unspecified atom stereocenters. The van der Waals surface area contributed by atoms with Gasteiger partial charge >= 0.3 is 0 Å². The summed E-state index contributed by atoms with van der Waals surface area (Å²) >= 11 is 0. The van der Waals surface area contributed by atoms with Crippen LogP contribution < -0.4 is 19.5 Å². The van der Waals surface area contributed by atoms with E-state index in [0.29, 0.717) is 44.1 Å². The maximum atomic E-state index is 12.0. The molecule has 1 N–H and O–H groups in total. The zero-order valence-electron chi connectivity index (χ0n) is 13.5. The van der Waals surface area contributed by atoms with Crippen molar-refractivity contribution in [3.05, 3.63) is 48.5 Å².